The van der Waals surface area contributed by atoms with E-state index in [1.807, 2.05) is 0 Å². The van der Waals surface area contributed by atoms with Crippen LogP contribution in [0, 0.1) is 0 Å². The summed E-state index contributed by atoms with van der Waals surface area (Å²) in [4.78, 5) is 35.9. The van der Waals surface area contributed by atoms with Crippen LogP contribution >= 0.6 is 0 Å². The summed E-state index contributed by atoms with van der Waals surface area (Å²) in [5.41, 5.74) is 0.952. The van der Waals surface area contributed by atoms with Crippen molar-refractivity contribution in [1.29, 1.82) is 0 Å². The van der Waals surface area contributed by atoms with E-state index in [9.17, 15) is 14.4 Å². The van der Waals surface area contributed by atoms with Crippen LogP contribution in [-0.2, 0) is 16.0 Å². The fourth-order valence-corrected chi connectivity index (χ4v) is 2.41. The Labute approximate surface area is 122 Å². The standard InChI is InChI=1S/C15H18N2O4/c1-17(14(19)12-6-7-13(18)16-12)9-8-10-4-2-3-5-11(10)15(20)21/h2-5,12H,6-9H2,1H3,(H,16,18)(H,20,21)/t12-/m0/s1. The topological polar surface area (TPSA) is 86.7 Å². The van der Waals surface area contributed by atoms with Gasteiger partial charge in [0.2, 0.25) is 11.8 Å². The normalized spacial score (nSPS) is 17.4. The number of likely N-dealkylation sites (N-methyl/N-ethyl adjacent to an activating group) is 1. The number of rotatable bonds is 5. The Balaban J connectivity index is 1.95. The maximum Gasteiger partial charge on any atom is 0.335 e. The molecule has 6 heteroatoms. The van der Waals surface area contributed by atoms with E-state index in [1.165, 1.54) is 4.90 Å². The molecule has 2 rings (SSSR count). The first kappa shape index (κ1) is 15.0. The number of carbonyl (C=O) groups excluding carboxylic acids is 2. The Morgan fingerprint density at radius 2 is 2.10 bits per heavy atom. The van der Waals surface area contributed by atoms with Crippen molar-refractivity contribution in [3.63, 3.8) is 0 Å². The van der Waals surface area contributed by atoms with E-state index >= 15 is 0 Å². The van der Waals surface area contributed by atoms with Gasteiger partial charge in [-0.05, 0) is 24.5 Å². The molecular formula is C15H18N2O4. The van der Waals surface area contributed by atoms with E-state index in [4.69, 9.17) is 5.11 Å². The zero-order valence-electron chi connectivity index (χ0n) is 11.8. The molecule has 112 valence electrons. The van der Waals surface area contributed by atoms with Gasteiger partial charge in [-0.3, -0.25) is 9.59 Å². The van der Waals surface area contributed by atoms with Gasteiger partial charge in [-0.25, -0.2) is 4.79 Å². The first-order valence-electron chi connectivity index (χ1n) is 6.84. The molecule has 1 fully saturated rings. The van der Waals surface area contributed by atoms with E-state index in [-0.39, 0.29) is 17.4 Å². The average molecular weight is 290 g/mol. The van der Waals surface area contributed by atoms with Crippen LogP contribution in [-0.4, -0.2) is 47.4 Å². The van der Waals surface area contributed by atoms with Gasteiger partial charge in [0.1, 0.15) is 6.04 Å². The number of hydrogen-bond donors (Lipinski definition) is 2. The molecule has 0 saturated carbocycles. The molecule has 0 spiro atoms. The van der Waals surface area contributed by atoms with E-state index in [2.05, 4.69) is 5.32 Å². The van der Waals surface area contributed by atoms with Crippen LogP contribution in [0.15, 0.2) is 24.3 Å². The lowest BCUT2D eigenvalue weighted by atomic mass is 10.0. The van der Waals surface area contributed by atoms with Crippen LogP contribution < -0.4 is 5.32 Å². The third-order valence-electron chi connectivity index (χ3n) is 3.63. The lowest BCUT2D eigenvalue weighted by molar-refractivity contribution is -0.133. The predicted octanol–water partition coefficient (Wildman–Crippen LogP) is 0.664. The lowest BCUT2D eigenvalue weighted by Crippen LogP contribution is -2.43. The van der Waals surface area contributed by atoms with E-state index < -0.39 is 12.0 Å². The number of nitrogens with one attached hydrogen (secondary N) is 1. The Morgan fingerprint density at radius 3 is 2.71 bits per heavy atom. The highest BCUT2D eigenvalue weighted by Gasteiger charge is 2.29. The minimum Gasteiger partial charge on any atom is -0.478 e. The largest absolute Gasteiger partial charge is 0.478 e. The molecule has 1 atom stereocenters. The summed E-state index contributed by atoms with van der Waals surface area (Å²) in [6.45, 7) is 0.412. The molecule has 0 bridgehead atoms. The van der Waals surface area contributed by atoms with Crippen molar-refractivity contribution in [3.8, 4) is 0 Å². The van der Waals surface area contributed by atoms with Crippen molar-refractivity contribution in [3.05, 3.63) is 35.4 Å². The fourth-order valence-electron chi connectivity index (χ4n) is 2.41. The van der Waals surface area contributed by atoms with Crippen LogP contribution in [0.1, 0.15) is 28.8 Å². The number of carboxylic acid groups (broad SMARTS) is 1. The van der Waals surface area contributed by atoms with Crippen LogP contribution in [0.5, 0.6) is 0 Å². The summed E-state index contributed by atoms with van der Waals surface area (Å²) in [6.07, 6.45) is 1.37. The van der Waals surface area contributed by atoms with Crippen molar-refractivity contribution < 1.29 is 19.5 Å². The summed E-state index contributed by atoms with van der Waals surface area (Å²) in [6, 6.07) is 6.31. The molecule has 0 unspecified atom stereocenters. The maximum atomic E-state index is 12.1. The number of aromatic carboxylic acids is 1. The van der Waals surface area contributed by atoms with Gasteiger partial charge in [0.05, 0.1) is 5.56 Å². The zero-order valence-corrected chi connectivity index (χ0v) is 11.8. The van der Waals surface area contributed by atoms with Gasteiger partial charge in [0.25, 0.3) is 0 Å². The second-order valence-electron chi connectivity index (χ2n) is 5.13. The second-order valence-corrected chi connectivity index (χ2v) is 5.13. The summed E-state index contributed by atoms with van der Waals surface area (Å²) in [5, 5.41) is 11.8. The van der Waals surface area contributed by atoms with Gasteiger partial charge in [-0.1, -0.05) is 18.2 Å². The summed E-state index contributed by atoms with van der Waals surface area (Å²) < 4.78 is 0. The number of carbonyl (C=O) groups is 3. The SMILES string of the molecule is CN(CCc1ccccc1C(=O)O)C(=O)[C@@H]1CCC(=O)N1. The molecule has 1 aliphatic heterocycles. The van der Waals surface area contributed by atoms with Crippen molar-refractivity contribution >= 4 is 17.8 Å². The lowest BCUT2D eigenvalue weighted by Gasteiger charge is -2.21. The van der Waals surface area contributed by atoms with Crippen molar-refractivity contribution in [2.24, 2.45) is 0 Å². The Kier molecular flexibility index (Phi) is 4.57. The molecule has 0 aromatic heterocycles. The van der Waals surface area contributed by atoms with Crippen LogP contribution in [0.3, 0.4) is 0 Å². The first-order chi connectivity index (χ1) is 9.99. The average Bonchev–Trinajstić information content (AvgIpc) is 2.90. The predicted molar refractivity (Wildman–Crippen MR) is 75.9 cm³/mol. The molecule has 1 aromatic carbocycles. The third-order valence-corrected chi connectivity index (χ3v) is 3.63. The highest BCUT2D eigenvalue weighted by molar-refractivity contribution is 5.91. The second kappa shape index (κ2) is 6.39. The number of amides is 2. The van der Waals surface area contributed by atoms with Crippen molar-refractivity contribution in [1.82, 2.24) is 10.2 Å². The van der Waals surface area contributed by atoms with Crippen LogP contribution in [0.25, 0.3) is 0 Å². The minimum atomic E-state index is -0.970. The van der Waals surface area contributed by atoms with E-state index in [0.717, 1.165) is 0 Å². The monoisotopic (exact) mass is 290 g/mol. The highest BCUT2D eigenvalue weighted by atomic mass is 16.4. The van der Waals surface area contributed by atoms with Gasteiger partial charge < -0.3 is 15.3 Å². The van der Waals surface area contributed by atoms with Crippen LogP contribution in [0.2, 0.25) is 0 Å². The number of carboxylic acids is 1. The first-order valence-corrected chi connectivity index (χ1v) is 6.84. The molecule has 2 amide bonds. The number of nitrogens with zero attached hydrogens (tertiary/aromatic N) is 1. The highest BCUT2D eigenvalue weighted by Crippen LogP contribution is 2.12. The molecule has 21 heavy (non-hydrogen) atoms. The van der Waals surface area contributed by atoms with E-state index in [0.29, 0.717) is 31.4 Å². The molecule has 1 aromatic rings. The molecule has 0 aliphatic carbocycles. The molecular weight excluding hydrogens is 272 g/mol. The van der Waals surface area contributed by atoms with Crippen molar-refractivity contribution in [2.75, 3.05) is 13.6 Å². The van der Waals surface area contributed by atoms with Gasteiger partial charge in [-0.15, -0.1) is 0 Å². The molecule has 1 heterocycles. The minimum absolute atomic E-state index is 0.0991. The van der Waals surface area contributed by atoms with E-state index in [1.54, 1.807) is 31.3 Å². The van der Waals surface area contributed by atoms with Gasteiger partial charge >= 0.3 is 5.97 Å². The van der Waals surface area contributed by atoms with Crippen LogP contribution in [0.4, 0.5) is 0 Å². The van der Waals surface area contributed by atoms with Crippen molar-refractivity contribution in [2.45, 2.75) is 25.3 Å². The summed E-state index contributed by atoms with van der Waals surface area (Å²) in [5.74, 6) is -1.20. The summed E-state index contributed by atoms with van der Waals surface area (Å²) >= 11 is 0. The maximum absolute atomic E-state index is 12.1. The fraction of sp³-hybridized carbons (Fsp3) is 0.400. The molecule has 1 saturated heterocycles. The number of benzene rings is 1. The Hall–Kier alpha value is -2.37. The quantitative estimate of drug-likeness (QED) is 0.834. The summed E-state index contributed by atoms with van der Waals surface area (Å²) in [7, 11) is 1.66. The Bertz CT molecular complexity index is 571. The molecule has 1 aliphatic rings. The molecule has 2 N–H and O–H groups in total. The number of hydrogen-bond acceptors (Lipinski definition) is 3. The molecule has 6 nitrogen and oxygen atoms in total. The molecule has 0 radical (unpaired) electrons. The smallest absolute Gasteiger partial charge is 0.335 e. The zero-order chi connectivity index (χ0) is 15.4. The van der Waals surface area contributed by atoms with Gasteiger partial charge in [0, 0.05) is 20.0 Å². The third kappa shape index (κ3) is 3.59. The van der Waals surface area contributed by atoms with Gasteiger partial charge in [0.15, 0.2) is 0 Å². The Morgan fingerprint density at radius 1 is 1.38 bits per heavy atom. The van der Waals surface area contributed by atoms with Gasteiger partial charge in [-0.2, -0.15) is 0 Å².